The number of hydrogen-bond acceptors (Lipinski definition) is 9. The van der Waals surface area contributed by atoms with E-state index in [0.717, 1.165) is 32.2 Å². The summed E-state index contributed by atoms with van der Waals surface area (Å²) in [5, 5.41) is 20.0. The van der Waals surface area contributed by atoms with Gasteiger partial charge in [-0.05, 0) is 68.2 Å². The number of carbonyl (C=O) groups excluding carboxylic acids is 1. The normalized spacial score (nSPS) is 24.2. The van der Waals surface area contributed by atoms with Crippen LogP contribution < -0.4 is 9.64 Å². The molecule has 270 valence electrons. The Balaban J connectivity index is 1.22. The number of fused-ring (bicyclic) bond motifs is 5. The second-order valence-corrected chi connectivity index (χ2v) is 15.1. The maximum absolute atomic E-state index is 17.0. The van der Waals surface area contributed by atoms with Gasteiger partial charge in [-0.2, -0.15) is 9.97 Å². The highest BCUT2D eigenvalue weighted by atomic mass is 19.1. The Kier molecular flexibility index (Phi) is 8.48. The van der Waals surface area contributed by atoms with Crippen molar-refractivity contribution in [1.29, 1.82) is 5.41 Å². The number of terminal acetylenes is 1. The van der Waals surface area contributed by atoms with Crippen LogP contribution in [0.5, 0.6) is 11.8 Å². The molecular formula is C39H40F3N7O3. The summed E-state index contributed by atoms with van der Waals surface area (Å²) in [6.45, 7) is 6.00. The molecule has 4 fully saturated rings. The largest absolute Gasteiger partial charge is 0.508 e. The van der Waals surface area contributed by atoms with Gasteiger partial charge in [0.05, 0.1) is 34.3 Å². The molecule has 3 unspecified atom stereocenters. The number of alkyl halides is 1. The number of pyridine rings is 1. The molecule has 4 aliphatic rings. The van der Waals surface area contributed by atoms with Gasteiger partial charge in [0, 0.05) is 43.2 Å². The summed E-state index contributed by atoms with van der Waals surface area (Å²) in [6, 6.07) is 4.94. The average Bonchev–Trinajstić information content (AvgIpc) is 3.72. The molecule has 2 N–H and O–H groups in total. The van der Waals surface area contributed by atoms with Gasteiger partial charge in [-0.15, -0.1) is 6.42 Å². The van der Waals surface area contributed by atoms with Crippen LogP contribution in [0.15, 0.2) is 30.5 Å². The Morgan fingerprint density at radius 1 is 1.17 bits per heavy atom. The van der Waals surface area contributed by atoms with Crippen molar-refractivity contribution in [2.75, 3.05) is 37.7 Å². The van der Waals surface area contributed by atoms with E-state index in [0.29, 0.717) is 49.1 Å². The first-order valence-corrected chi connectivity index (χ1v) is 17.9. The second-order valence-electron chi connectivity index (χ2n) is 15.1. The van der Waals surface area contributed by atoms with E-state index in [4.69, 9.17) is 21.6 Å². The first kappa shape index (κ1) is 34.1. The molecule has 0 saturated carbocycles. The minimum atomic E-state index is -0.964. The summed E-state index contributed by atoms with van der Waals surface area (Å²) in [6.07, 6.45) is 10.1. The number of nitrogens with one attached hydrogen (secondary N) is 1. The molecule has 0 aliphatic carbocycles. The SMILES string of the molecule is C#Cc1c(F)ccc2cc(O)cc(-c3ncc4c(N5CC6CC[C@H](C5)N6C(=O)C(=N)CC(C)C)nc(OCC56CCCN5CC(F)C6)nc4c3F)c12. The van der Waals surface area contributed by atoms with Gasteiger partial charge in [0.1, 0.15) is 41.4 Å². The van der Waals surface area contributed by atoms with Crippen LogP contribution in [0.4, 0.5) is 19.0 Å². The number of nitrogens with zero attached hydrogens (tertiary/aromatic N) is 6. The van der Waals surface area contributed by atoms with Crippen molar-refractivity contribution in [1.82, 2.24) is 24.8 Å². The Morgan fingerprint density at radius 3 is 2.67 bits per heavy atom. The fourth-order valence-electron chi connectivity index (χ4n) is 8.97. The number of benzene rings is 2. The molecule has 0 radical (unpaired) electrons. The smallest absolute Gasteiger partial charge is 0.319 e. The van der Waals surface area contributed by atoms with E-state index in [-0.39, 0.29) is 75.7 Å². The number of hydrogen-bond donors (Lipinski definition) is 2. The third-order valence-corrected chi connectivity index (χ3v) is 11.2. The number of phenolic OH excluding ortho intramolecular Hbond substituents is 1. The van der Waals surface area contributed by atoms with Gasteiger partial charge in [0.25, 0.3) is 5.91 Å². The Hall–Kier alpha value is -4.96. The van der Waals surface area contributed by atoms with Crippen LogP contribution in [0.2, 0.25) is 0 Å². The topological polar surface area (TPSA) is 119 Å². The number of phenols is 1. The number of aromatic hydroxyl groups is 1. The van der Waals surface area contributed by atoms with E-state index in [2.05, 4.69) is 20.8 Å². The maximum atomic E-state index is 17.0. The number of halogens is 3. The second kappa shape index (κ2) is 12.9. The Labute approximate surface area is 299 Å². The molecule has 4 saturated heterocycles. The lowest BCUT2D eigenvalue weighted by Gasteiger charge is -2.42. The van der Waals surface area contributed by atoms with Crippen LogP contribution in [0, 0.1) is 35.3 Å². The van der Waals surface area contributed by atoms with Crippen molar-refractivity contribution >= 4 is 39.1 Å². The summed E-state index contributed by atoms with van der Waals surface area (Å²) in [5.41, 5.74) is -0.686. The molecule has 2 bridgehead atoms. The first-order valence-electron chi connectivity index (χ1n) is 17.9. The zero-order valence-electron chi connectivity index (χ0n) is 29.1. The van der Waals surface area contributed by atoms with Crippen LogP contribution in [0.3, 0.4) is 0 Å². The van der Waals surface area contributed by atoms with E-state index in [1.165, 1.54) is 30.5 Å². The number of rotatable bonds is 8. The number of anilines is 1. The minimum Gasteiger partial charge on any atom is -0.508 e. The van der Waals surface area contributed by atoms with Gasteiger partial charge in [-0.25, -0.2) is 13.2 Å². The van der Waals surface area contributed by atoms with Crippen molar-refractivity contribution in [2.24, 2.45) is 5.92 Å². The van der Waals surface area contributed by atoms with Crippen molar-refractivity contribution in [3.63, 3.8) is 0 Å². The van der Waals surface area contributed by atoms with E-state index in [9.17, 15) is 18.7 Å². The van der Waals surface area contributed by atoms with Crippen LogP contribution in [0.1, 0.15) is 57.9 Å². The average molecular weight is 712 g/mol. The standard InChI is InChI=1S/C39H40F3N7O3/c1-4-27-30(41)9-6-22-13-26(50)14-28(32(22)27)34-33(42)35-29(16-44-34)36(46-38(45-35)52-20-39-10-5-11-48(39)17-23(40)15-39)47-18-24-7-8-25(19-47)49(24)37(51)31(43)12-21(2)3/h1,6,9,13-14,16,21,23-25,43,50H,5,7-8,10-12,15,17-20H2,2-3H3/t23?,24-,25?,39?/m1/s1. The number of piperazine rings is 1. The van der Waals surface area contributed by atoms with Gasteiger partial charge in [0.15, 0.2) is 5.82 Å². The highest BCUT2D eigenvalue weighted by Gasteiger charge is 2.50. The summed E-state index contributed by atoms with van der Waals surface area (Å²) in [7, 11) is 0. The van der Waals surface area contributed by atoms with Gasteiger partial charge in [0.2, 0.25) is 0 Å². The van der Waals surface area contributed by atoms with Crippen LogP contribution >= 0.6 is 0 Å². The molecule has 4 aliphatic heterocycles. The highest BCUT2D eigenvalue weighted by molar-refractivity contribution is 6.37. The fraction of sp³-hybridized carbons (Fsp3) is 0.462. The molecule has 52 heavy (non-hydrogen) atoms. The van der Waals surface area contributed by atoms with Gasteiger partial charge in [-0.3, -0.25) is 20.1 Å². The van der Waals surface area contributed by atoms with E-state index in [1.807, 2.05) is 23.6 Å². The minimum absolute atomic E-state index is 0.0808. The van der Waals surface area contributed by atoms with Crippen molar-refractivity contribution in [2.45, 2.75) is 76.2 Å². The Morgan fingerprint density at radius 2 is 1.94 bits per heavy atom. The number of aromatic nitrogens is 3. The predicted molar refractivity (Wildman–Crippen MR) is 191 cm³/mol. The molecule has 0 spiro atoms. The lowest BCUT2D eigenvalue weighted by molar-refractivity contribution is -0.127. The van der Waals surface area contributed by atoms with Gasteiger partial charge in [-0.1, -0.05) is 25.8 Å². The molecule has 13 heteroatoms. The fourth-order valence-corrected chi connectivity index (χ4v) is 8.97. The summed E-state index contributed by atoms with van der Waals surface area (Å²) in [5.74, 6) is 0.981. The molecule has 10 nitrogen and oxygen atoms in total. The molecule has 4 atom stereocenters. The number of ether oxygens (including phenoxy) is 1. The van der Waals surface area contributed by atoms with Crippen LogP contribution in [-0.2, 0) is 4.79 Å². The highest BCUT2D eigenvalue weighted by Crippen LogP contribution is 2.42. The van der Waals surface area contributed by atoms with E-state index in [1.54, 1.807) is 0 Å². The summed E-state index contributed by atoms with van der Waals surface area (Å²) in [4.78, 5) is 33.2. The molecule has 2 aromatic carbocycles. The zero-order chi connectivity index (χ0) is 36.5. The molecule has 2 aromatic heterocycles. The number of carbonyl (C=O) groups is 1. The third-order valence-electron chi connectivity index (χ3n) is 11.2. The van der Waals surface area contributed by atoms with Crippen molar-refractivity contribution in [3.8, 4) is 35.4 Å². The molecule has 6 heterocycles. The lowest BCUT2D eigenvalue weighted by atomic mass is 9.95. The maximum Gasteiger partial charge on any atom is 0.319 e. The zero-order valence-corrected chi connectivity index (χ0v) is 29.1. The molecule has 1 amide bonds. The van der Waals surface area contributed by atoms with Gasteiger partial charge < -0.3 is 19.6 Å². The van der Waals surface area contributed by atoms with Crippen LogP contribution in [0.25, 0.3) is 32.9 Å². The van der Waals surface area contributed by atoms with Gasteiger partial charge >= 0.3 is 6.01 Å². The molecule has 8 rings (SSSR count). The quantitative estimate of drug-likeness (QED) is 0.169. The van der Waals surface area contributed by atoms with E-state index < -0.39 is 23.3 Å². The Bertz CT molecular complexity index is 2160. The predicted octanol–water partition coefficient (Wildman–Crippen LogP) is 6.01. The third kappa shape index (κ3) is 5.68. The first-order chi connectivity index (χ1) is 25.0. The summed E-state index contributed by atoms with van der Waals surface area (Å²) >= 11 is 0. The van der Waals surface area contributed by atoms with Crippen LogP contribution in [-0.4, -0.2) is 98.1 Å². The molecular weight excluding hydrogens is 671 g/mol. The lowest BCUT2D eigenvalue weighted by Crippen LogP contribution is -2.57. The monoisotopic (exact) mass is 711 g/mol. The van der Waals surface area contributed by atoms with E-state index >= 15 is 4.39 Å². The number of amides is 1. The molecule has 4 aromatic rings. The summed E-state index contributed by atoms with van der Waals surface area (Å²) < 4.78 is 52.8. The van der Waals surface area contributed by atoms with Crippen molar-refractivity contribution < 1.29 is 27.8 Å². The van der Waals surface area contributed by atoms with Crippen molar-refractivity contribution in [3.05, 3.63) is 47.7 Å².